The first-order valence-electron chi connectivity index (χ1n) is 10.9. The normalized spacial score (nSPS) is 11.1. The molecule has 0 heterocycles. The van der Waals surface area contributed by atoms with Gasteiger partial charge in [0.05, 0.1) is 27.7 Å². The van der Waals surface area contributed by atoms with Gasteiger partial charge in [-0.2, -0.15) is 0 Å². The van der Waals surface area contributed by atoms with Gasteiger partial charge >= 0.3 is 26.8 Å². The van der Waals surface area contributed by atoms with Crippen LogP contribution in [0, 0.1) is 0 Å². The molecule has 0 aromatic carbocycles. The first kappa shape index (κ1) is 28.3. The van der Waals surface area contributed by atoms with Crippen LogP contribution in [0.3, 0.4) is 0 Å². The Balaban J connectivity index is 0. The van der Waals surface area contributed by atoms with Crippen molar-refractivity contribution in [2.24, 2.45) is 0 Å². The Morgan fingerprint density at radius 1 is 0.577 bits per heavy atom. The summed E-state index contributed by atoms with van der Waals surface area (Å²) in [6, 6.07) is 0. The van der Waals surface area contributed by atoms with Crippen molar-refractivity contribution in [2.45, 2.75) is 110 Å². The van der Waals surface area contributed by atoms with Crippen LogP contribution in [0.4, 0.5) is 0 Å². The second-order valence-electron chi connectivity index (χ2n) is 8.54. The monoisotopic (exact) mass is 411 g/mol. The van der Waals surface area contributed by atoms with E-state index in [2.05, 4.69) is 28.1 Å². The maximum atomic E-state index is 8.56. The van der Waals surface area contributed by atoms with Crippen LogP contribution in [0.5, 0.6) is 0 Å². The van der Waals surface area contributed by atoms with E-state index in [1.165, 1.54) is 109 Å². The average Bonchev–Trinajstić information content (AvgIpc) is 2.53. The fraction of sp³-hybridized carbons (Fsp3) is 1.00. The zero-order valence-corrected chi connectivity index (χ0v) is 19.5. The van der Waals surface area contributed by atoms with E-state index in [4.69, 9.17) is 11.4 Å². The van der Waals surface area contributed by atoms with Crippen molar-refractivity contribution in [1.29, 1.82) is 0 Å². The molecule has 26 heavy (non-hydrogen) atoms. The third kappa shape index (κ3) is 35.3. The van der Waals surface area contributed by atoms with Crippen LogP contribution >= 0.6 is 0 Å². The van der Waals surface area contributed by atoms with Crippen molar-refractivity contribution in [3.05, 3.63) is 0 Å². The average molecular weight is 412 g/mol. The Hall–Kier alpha value is 0.104. The van der Waals surface area contributed by atoms with Crippen molar-refractivity contribution in [2.75, 3.05) is 27.7 Å². The molecular weight excluding hydrogens is 365 g/mol. The first-order valence-corrected chi connectivity index (χ1v) is 12.6. The Labute approximate surface area is 168 Å². The van der Waals surface area contributed by atoms with Crippen LogP contribution in [0.25, 0.3) is 0 Å². The first-order chi connectivity index (χ1) is 12.3. The molecule has 0 aromatic rings. The topological polar surface area (TPSA) is 57.2 Å². The fourth-order valence-electron chi connectivity index (χ4n) is 3.13. The summed E-state index contributed by atoms with van der Waals surface area (Å²) in [5.74, 6) is 0. The van der Waals surface area contributed by atoms with E-state index in [1.807, 2.05) is 0 Å². The summed E-state index contributed by atoms with van der Waals surface area (Å²) in [5.41, 5.74) is 0. The van der Waals surface area contributed by atoms with Gasteiger partial charge in [-0.3, -0.25) is 0 Å². The number of nitrogens with zero attached hydrogens (tertiary/aromatic N) is 1. The standard InChI is InChI=1S/C21H46N.3O.V/c1-5-6-7-8-9-10-11-12-13-14-15-16-17-18-19-20-21-22(2,3)4;;;;/h5-21H2,1-4H3;;;;/q+1;;;-1;. The maximum absolute atomic E-state index is 8.56. The van der Waals surface area contributed by atoms with Crippen molar-refractivity contribution >= 4 is 0 Å². The Kier molecular flexibility index (Phi) is 23.3. The van der Waals surface area contributed by atoms with Gasteiger partial charge in [0.2, 0.25) is 0 Å². The molecule has 0 unspecified atom stereocenters. The van der Waals surface area contributed by atoms with Gasteiger partial charge in [-0.1, -0.05) is 96.8 Å². The number of quaternary nitrogens is 1. The third-order valence-corrected chi connectivity index (χ3v) is 4.68. The molecule has 0 aromatic heterocycles. The van der Waals surface area contributed by atoms with Crippen LogP contribution in [0.15, 0.2) is 0 Å². The van der Waals surface area contributed by atoms with Gasteiger partial charge in [0.25, 0.3) is 0 Å². The fourth-order valence-corrected chi connectivity index (χ4v) is 3.13. The second-order valence-corrected chi connectivity index (χ2v) is 9.24. The van der Waals surface area contributed by atoms with Gasteiger partial charge in [-0.25, -0.2) is 0 Å². The van der Waals surface area contributed by atoms with E-state index in [0.717, 1.165) is 4.48 Å². The van der Waals surface area contributed by atoms with Crippen molar-refractivity contribution in [3.8, 4) is 0 Å². The van der Waals surface area contributed by atoms with Crippen LogP contribution in [0.2, 0.25) is 0 Å². The molecule has 0 saturated heterocycles. The molecule has 5 heteroatoms. The molecule has 0 fully saturated rings. The van der Waals surface area contributed by atoms with Crippen molar-refractivity contribution < 1.29 is 31.3 Å². The molecule has 0 atom stereocenters. The number of unbranched alkanes of at least 4 members (excludes halogenated alkanes) is 15. The minimum atomic E-state index is -3.94. The molecule has 0 aliphatic heterocycles. The van der Waals surface area contributed by atoms with Crippen LogP contribution in [0.1, 0.15) is 110 Å². The summed E-state index contributed by atoms with van der Waals surface area (Å²) in [4.78, 5) is 0. The van der Waals surface area contributed by atoms with Crippen LogP contribution in [-0.4, -0.2) is 32.2 Å². The molecule has 0 N–H and O–H groups in total. The van der Waals surface area contributed by atoms with E-state index in [0.29, 0.717) is 0 Å². The molecule has 0 saturated carbocycles. The Bertz CT molecular complexity index is 331. The van der Waals surface area contributed by atoms with Gasteiger partial charge < -0.3 is 4.48 Å². The zero-order chi connectivity index (χ0) is 20.1. The van der Waals surface area contributed by atoms with Crippen molar-refractivity contribution in [3.63, 3.8) is 0 Å². The van der Waals surface area contributed by atoms with Crippen LogP contribution in [-0.2, 0) is 22.7 Å². The summed E-state index contributed by atoms with van der Waals surface area (Å²) < 4.78 is 26.8. The summed E-state index contributed by atoms with van der Waals surface area (Å²) >= 11 is -3.94. The molecule has 0 aliphatic carbocycles. The van der Waals surface area contributed by atoms with E-state index in [9.17, 15) is 0 Å². The van der Waals surface area contributed by atoms with Gasteiger partial charge in [0, 0.05) is 0 Å². The van der Waals surface area contributed by atoms with E-state index >= 15 is 0 Å². The summed E-state index contributed by atoms with van der Waals surface area (Å²) in [6.45, 7) is 3.63. The third-order valence-electron chi connectivity index (χ3n) is 4.68. The molecule has 158 valence electrons. The SMILES string of the molecule is CCCCCCCCCCCCCCCCCC[N+](C)(C)C.[O]=[V](=[O])[O-]. The van der Waals surface area contributed by atoms with Gasteiger partial charge in [0.1, 0.15) is 0 Å². The molecule has 0 radical (unpaired) electrons. The summed E-state index contributed by atoms with van der Waals surface area (Å²) in [6.07, 6.45) is 23.4. The quantitative estimate of drug-likeness (QED) is 0.234. The van der Waals surface area contributed by atoms with E-state index in [-0.39, 0.29) is 0 Å². The molecule has 4 nitrogen and oxygen atoms in total. The number of hydrogen-bond donors (Lipinski definition) is 0. The van der Waals surface area contributed by atoms with Gasteiger partial charge in [0.15, 0.2) is 0 Å². The Morgan fingerprint density at radius 2 is 0.808 bits per heavy atom. The van der Waals surface area contributed by atoms with E-state index in [1.54, 1.807) is 0 Å². The Morgan fingerprint density at radius 3 is 1.04 bits per heavy atom. The minimum absolute atomic E-state index is 1.12. The molecule has 0 rings (SSSR count). The molecule has 0 spiro atoms. The predicted molar refractivity (Wildman–Crippen MR) is 104 cm³/mol. The zero-order valence-electron chi connectivity index (χ0n) is 18.1. The van der Waals surface area contributed by atoms with E-state index < -0.39 is 15.4 Å². The molecule has 0 amide bonds. The second kappa shape index (κ2) is 21.4. The molecule has 0 bridgehead atoms. The molecular formula is C21H46NO3V. The van der Waals surface area contributed by atoms with Gasteiger partial charge in [-0.05, 0) is 12.8 Å². The van der Waals surface area contributed by atoms with Crippen molar-refractivity contribution in [1.82, 2.24) is 0 Å². The number of hydrogen-bond acceptors (Lipinski definition) is 3. The van der Waals surface area contributed by atoms with Crippen LogP contribution < -0.4 is 4.03 Å². The predicted octanol–water partition coefficient (Wildman–Crippen LogP) is 5.53. The molecule has 0 aliphatic rings. The van der Waals surface area contributed by atoms with Gasteiger partial charge in [-0.15, -0.1) is 0 Å². The summed E-state index contributed by atoms with van der Waals surface area (Å²) in [7, 11) is 6.89. The number of rotatable bonds is 17. The summed E-state index contributed by atoms with van der Waals surface area (Å²) in [5, 5.41) is 0.